The maximum atomic E-state index is 13.4. The van der Waals surface area contributed by atoms with Gasteiger partial charge in [0.2, 0.25) is 5.95 Å². The zero-order chi connectivity index (χ0) is 17.6. The van der Waals surface area contributed by atoms with Gasteiger partial charge in [-0.3, -0.25) is 4.99 Å². The standard InChI is InChI=1S/C17H20BrFN6/c1-20-16(23-12-13-11-14(19)3-4-15(13)18)24-7-9-25(10-8-24)17-21-5-2-6-22-17/h2-6,11H,7-10,12H2,1H3,(H,20,23). The van der Waals surface area contributed by atoms with Crippen LogP contribution in [0.5, 0.6) is 0 Å². The molecule has 6 nitrogen and oxygen atoms in total. The minimum Gasteiger partial charge on any atom is -0.352 e. The van der Waals surface area contributed by atoms with Crippen LogP contribution in [-0.4, -0.2) is 54.1 Å². The first kappa shape index (κ1) is 17.6. The van der Waals surface area contributed by atoms with E-state index in [0.29, 0.717) is 6.54 Å². The molecule has 1 aromatic heterocycles. The molecule has 132 valence electrons. The van der Waals surface area contributed by atoms with Crippen molar-refractivity contribution in [3.8, 4) is 0 Å². The van der Waals surface area contributed by atoms with Gasteiger partial charge in [0.25, 0.3) is 0 Å². The molecule has 0 atom stereocenters. The van der Waals surface area contributed by atoms with E-state index in [0.717, 1.165) is 48.1 Å². The Kier molecular flexibility index (Phi) is 5.80. The summed E-state index contributed by atoms with van der Waals surface area (Å²) in [4.78, 5) is 17.3. The number of aliphatic imine (C=N–C) groups is 1. The lowest BCUT2D eigenvalue weighted by Crippen LogP contribution is -2.52. The molecule has 3 rings (SSSR count). The van der Waals surface area contributed by atoms with Gasteiger partial charge in [-0.25, -0.2) is 14.4 Å². The predicted molar refractivity (Wildman–Crippen MR) is 100 cm³/mol. The van der Waals surface area contributed by atoms with Crippen molar-refractivity contribution in [1.29, 1.82) is 0 Å². The fourth-order valence-corrected chi connectivity index (χ4v) is 3.14. The van der Waals surface area contributed by atoms with Crippen molar-refractivity contribution in [2.24, 2.45) is 4.99 Å². The van der Waals surface area contributed by atoms with Gasteiger partial charge < -0.3 is 15.1 Å². The van der Waals surface area contributed by atoms with Crippen molar-refractivity contribution in [1.82, 2.24) is 20.2 Å². The molecular weight excluding hydrogens is 387 g/mol. The number of benzene rings is 1. The van der Waals surface area contributed by atoms with E-state index in [-0.39, 0.29) is 5.82 Å². The van der Waals surface area contributed by atoms with Crippen LogP contribution < -0.4 is 10.2 Å². The number of hydrogen-bond acceptors (Lipinski definition) is 4. The monoisotopic (exact) mass is 406 g/mol. The third-order valence-electron chi connectivity index (χ3n) is 4.07. The van der Waals surface area contributed by atoms with Crippen molar-refractivity contribution < 1.29 is 4.39 Å². The van der Waals surface area contributed by atoms with Gasteiger partial charge in [-0.15, -0.1) is 0 Å². The van der Waals surface area contributed by atoms with Crippen LogP contribution in [0.2, 0.25) is 0 Å². The number of nitrogens with one attached hydrogen (secondary N) is 1. The molecule has 0 radical (unpaired) electrons. The quantitative estimate of drug-likeness (QED) is 0.625. The summed E-state index contributed by atoms with van der Waals surface area (Å²) in [5, 5.41) is 3.31. The molecule has 0 bridgehead atoms. The number of nitrogens with zero attached hydrogens (tertiary/aromatic N) is 5. The van der Waals surface area contributed by atoms with Crippen LogP contribution in [0.15, 0.2) is 46.1 Å². The lowest BCUT2D eigenvalue weighted by molar-refractivity contribution is 0.370. The first-order valence-electron chi connectivity index (χ1n) is 8.09. The van der Waals surface area contributed by atoms with Crippen LogP contribution in [0, 0.1) is 5.82 Å². The Morgan fingerprint density at radius 2 is 1.96 bits per heavy atom. The molecular formula is C17H20BrFN6. The summed E-state index contributed by atoms with van der Waals surface area (Å²) in [5.41, 5.74) is 0.859. The SMILES string of the molecule is CN=C(NCc1cc(F)ccc1Br)N1CCN(c2ncccn2)CC1. The van der Waals surface area contributed by atoms with Crippen LogP contribution in [0.25, 0.3) is 0 Å². The minimum atomic E-state index is -0.244. The molecule has 25 heavy (non-hydrogen) atoms. The number of halogens is 2. The van der Waals surface area contributed by atoms with E-state index in [9.17, 15) is 4.39 Å². The van der Waals surface area contributed by atoms with Crippen molar-refractivity contribution in [2.75, 3.05) is 38.1 Å². The smallest absolute Gasteiger partial charge is 0.225 e. The second-order valence-corrected chi connectivity index (χ2v) is 6.51. The Labute approximate surface area is 154 Å². The second-order valence-electron chi connectivity index (χ2n) is 5.66. The van der Waals surface area contributed by atoms with Gasteiger partial charge in [0.05, 0.1) is 0 Å². The first-order chi connectivity index (χ1) is 12.2. The third-order valence-corrected chi connectivity index (χ3v) is 4.84. The molecule has 0 amide bonds. The highest BCUT2D eigenvalue weighted by Crippen LogP contribution is 2.18. The Bertz CT molecular complexity index is 731. The Morgan fingerprint density at radius 1 is 1.24 bits per heavy atom. The number of aromatic nitrogens is 2. The van der Waals surface area contributed by atoms with E-state index in [2.05, 4.69) is 46.0 Å². The third kappa shape index (κ3) is 4.45. The number of guanidine groups is 1. The highest BCUT2D eigenvalue weighted by Gasteiger charge is 2.21. The zero-order valence-corrected chi connectivity index (χ0v) is 15.6. The number of hydrogen-bond donors (Lipinski definition) is 1. The average Bonchev–Trinajstić information content (AvgIpc) is 2.66. The Hall–Kier alpha value is -2.22. The maximum absolute atomic E-state index is 13.4. The molecule has 1 saturated heterocycles. The largest absolute Gasteiger partial charge is 0.352 e. The molecule has 1 aromatic carbocycles. The van der Waals surface area contributed by atoms with Crippen molar-refractivity contribution in [3.63, 3.8) is 0 Å². The molecule has 0 aliphatic carbocycles. The van der Waals surface area contributed by atoms with Gasteiger partial charge in [0.1, 0.15) is 5.82 Å². The lowest BCUT2D eigenvalue weighted by Gasteiger charge is -2.36. The number of anilines is 1. The van der Waals surface area contributed by atoms with Gasteiger partial charge in [-0.05, 0) is 29.8 Å². The Balaban J connectivity index is 1.57. The van der Waals surface area contributed by atoms with Crippen LogP contribution in [0.4, 0.5) is 10.3 Å². The number of piperazine rings is 1. The van der Waals surface area contributed by atoms with Crippen molar-refractivity contribution in [2.45, 2.75) is 6.54 Å². The van der Waals surface area contributed by atoms with E-state index in [1.54, 1.807) is 25.5 Å². The summed E-state index contributed by atoms with van der Waals surface area (Å²) in [6, 6.07) is 6.49. The minimum absolute atomic E-state index is 0.244. The first-order valence-corrected chi connectivity index (χ1v) is 8.88. The van der Waals surface area contributed by atoms with E-state index in [1.807, 2.05) is 6.07 Å². The normalized spacial score (nSPS) is 15.4. The van der Waals surface area contributed by atoms with Gasteiger partial charge in [0.15, 0.2) is 5.96 Å². The van der Waals surface area contributed by atoms with Gasteiger partial charge >= 0.3 is 0 Å². The van der Waals surface area contributed by atoms with E-state index >= 15 is 0 Å². The molecule has 1 N–H and O–H groups in total. The second kappa shape index (κ2) is 8.24. The molecule has 2 aromatic rings. The topological polar surface area (TPSA) is 56.7 Å². The Morgan fingerprint density at radius 3 is 2.64 bits per heavy atom. The number of rotatable bonds is 3. The van der Waals surface area contributed by atoms with Crippen molar-refractivity contribution >= 4 is 27.8 Å². The summed E-state index contributed by atoms with van der Waals surface area (Å²) >= 11 is 3.45. The molecule has 1 fully saturated rings. The summed E-state index contributed by atoms with van der Waals surface area (Å²) in [5.74, 6) is 1.32. The molecule has 0 spiro atoms. The van der Waals surface area contributed by atoms with Crippen molar-refractivity contribution in [3.05, 3.63) is 52.5 Å². The molecule has 2 heterocycles. The molecule has 0 saturated carbocycles. The lowest BCUT2D eigenvalue weighted by atomic mass is 10.2. The molecule has 0 unspecified atom stereocenters. The molecule has 1 aliphatic rings. The van der Waals surface area contributed by atoms with Gasteiger partial charge in [-0.1, -0.05) is 15.9 Å². The fourth-order valence-electron chi connectivity index (χ4n) is 2.76. The predicted octanol–water partition coefficient (Wildman–Crippen LogP) is 2.28. The average molecular weight is 407 g/mol. The van der Waals surface area contributed by atoms with Crippen LogP contribution in [-0.2, 0) is 6.54 Å². The van der Waals surface area contributed by atoms with E-state index in [4.69, 9.17) is 0 Å². The highest BCUT2D eigenvalue weighted by molar-refractivity contribution is 9.10. The van der Waals surface area contributed by atoms with E-state index < -0.39 is 0 Å². The van der Waals surface area contributed by atoms with Crippen LogP contribution in [0.1, 0.15) is 5.56 Å². The summed E-state index contributed by atoms with van der Waals surface area (Å²) in [7, 11) is 1.76. The zero-order valence-electron chi connectivity index (χ0n) is 14.0. The van der Waals surface area contributed by atoms with Gasteiger partial charge in [0, 0.05) is 56.6 Å². The fraction of sp³-hybridized carbons (Fsp3) is 0.353. The summed E-state index contributed by atoms with van der Waals surface area (Å²) in [6.07, 6.45) is 3.51. The highest BCUT2D eigenvalue weighted by atomic mass is 79.9. The van der Waals surface area contributed by atoms with E-state index in [1.165, 1.54) is 12.1 Å². The summed E-state index contributed by atoms with van der Waals surface area (Å²) in [6.45, 7) is 3.81. The molecule has 8 heteroatoms. The van der Waals surface area contributed by atoms with Crippen LogP contribution in [0.3, 0.4) is 0 Å². The van der Waals surface area contributed by atoms with Gasteiger partial charge in [-0.2, -0.15) is 0 Å². The van der Waals surface area contributed by atoms with Crippen LogP contribution >= 0.6 is 15.9 Å². The summed E-state index contributed by atoms with van der Waals surface area (Å²) < 4.78 is 14.3. The molecule has 1 aliphatic heterocycles. The maximum Gasteiger partial charge on any atom is 0.225 e.